The average molecular weight is 331 g/mol. The molecule has 7 heteroatoms. The summed E-state index contributed by atoms with van der Waals surface area (Å²) in [5.41, 5.74) is 0.643. The molecular formula is C17H25N5O2. The number of rotatable bonds is 4. The molecule has 24 heavy (non-hydrogen) atoms. The largest absolute Gasteiger partial charge is 0.347 e. The Kier molecular flexibility index (Phi) is 4.64. The third-order valence-corrected chi connectivity index (χ3v) is 3.56. The molecule has 0 aromatic carbocycles. The average Bonchev–Trinajstić information content (AvgIpc) is 2.78. The Bertz CT molecular complexity index is 776. The van der Waals surface area contributed by atoms with Crippen LogP contribution in [0.5, 0.6) is 0 Å². The highest BCUT2D eigenvalue weighted by Crippen LogP contribution is 2.27. The zero-order chi connectivity index (χ0) is 18.1. The summed E-state index contributed by atoms with van der Waals surface area (Å²) in [5, 5.41) is 13.6. The van der Waals surface area contributed by atoms with Crippen molar-refractivity contribution in [3.8, 4) is 5.82 Å². The van der Waals surface area contributed by atoms with Gasteiger partial charge in [0, 0.05) is 11.6 Å². The van der Waals surface area contributed by atoms with Gasteiger partial charge in [-0.2, -0.15) is 10.2 Å². The van der Waals surface area contributed by atoms with Crippen LogP contribution in [0.25, 0.3) is 5.82 Å². The van der Waals surface area contributed by atoms with E-state index in [9.17, 15) is 9.59 Å². The van der Waals surface area contributed by atoms with Crippen molar-refractivity contribution in [1.29, 1.82) is 0 Å². The monoisotopic (exact) mass is 331 g/mol. The molecule has 1 amide bonds. The van der Waals surface area contributed by atoms with E-state index in [-0.39, 0.29) is 22.4 Å². The van der Waals surface area contributed by atoms with Gasteiger partial charge < -0.3 is 5.32 Å². The molecule has 0 saturated heterocycles. The second kappa shape index (κ2) is 6.22. The number of aromatic nitrogens is 4. The second-order valence-electron chi connectivity index (χ2n) is 7.91. The molecule has 0 aliphatic heterocycles. The van der Waals surface area contributed by atoms with Gasteiger partial charge >= 0.3 is 0 Å². The minimum atomic E-state index is -0.333. The number of hydrogen-bond acceptors (Lipinski definition) is 4. The Balaban J connectivity index is 2.23. The number of H-pyrrole nitrogens is 1. The molecule has 0 aliphatic rings. The molecule has 2 rings (SSSR count). The summed E-state index contributed by atoms with van der Waals surface area (Å²) in [6.07, 6.45) is 2.37. The highest BCUT2D eigenvalue weighted by atomic mass is 16.2. The number of nitrogens with one attached hydrogen (secondary N) is 2. The SMILES string of the molecule is Cc1c(C(=O)NC(C)(C)CC(C)(C)C)cnn1-c1ccc(=O)[nH]n1. The third kappa shape index (κ3) is 4.31. The summed E-state index contributed by atoms with van der Waals surface area (Å²) in [5.74, 6) is 0.289. The standard InChI is InChI=1S/C17H25N5O2/c1-11-12(15(24)19-17(5,6)10-16(2,3)4)9-18-22(11)13-7-8-14(23)21-20-13/h7-9H,10H2,1-6H3,(H,19,24)(H,21,23). The maximum atomic E-state index is 12.6. The number of hydrogen-bond donors (Lipinski definition) is 2. The van der Waals surface area contributed by atoms with Gasteiger partial charge in [0.2, 0.25) is 0 Å². The molecule has 0 saturated carbocycles. The van der Waals surface area contributed by atoms with E-state index >= 15 is 0 Å². The fraction of sp³-hybridized carbons (Fsp3) is 0.529. The van der Waals surface area contributed by atoms with Crippen LogP contribution in [0, 0.1) is 12.3 Å². The minimum absolute atomic E-state index is 0.107. The van der Waals surface area contributed by atoms with Gasteiger partial charge in [0.25, 0.3) is 11.5 Å². The molecule has 0 unspecified atom stereocenters. The molecule has 2 aromatic heterocycles. The van der Waals surface area contributed by atoms with Crippen LogP contribution in [-0.2, 0) is 0 Å². The first-order valence-corrected chi connectivity index (χ1v) is 7.92. The van der Waals surface area contributed by atoms with Gasteiger partial charge in [-0.05, 0) is 38.7 Å². The normalized spacial score (nSPS) is 12.2. The quantitative estimate of drug-likeness (QED) is 0.898. The molecular weight excluding hydrogens is 306 g/mol. The second-order valence-corrected chi connectivity index (χ2v) is 7.91. The Morgan fingerprint density at radius 1 is 1.25 bits per heavy atom. The summed E-state index contributed by atoms with van der Waals surface area (Å²) in [6.45, 7) is 12.3. The van der Waals surface area contributed by atoms with Crippen LogP contribution in [0.2, 0.25) is 0 Å². The number of nitrogens with zero attached hydrogens (tertiary/aromatic N) is 3. The third-order valence-electron chi connectivity index (χ3n) is 3.56. The molecule has 2 heterocycles. The van der Waals surface area contributed by atoms with E-state index < -0.39 is 0 Å². The van der Waals surface area contributed by atoms with Gasteiger partial charge in [-0.1, -0.05) is 20.8 Å². The Hall–Kier alpha value is -2.44. The van der Waals surface area contributed by atoms with Crippen LogP contribution >= 0.6 is 0 Å². The molecule has 130 valence electrons. The van der Waals surface area contributed by atoms with Crippen molar-refractivity contribution in [1.82, 2.24) is 25.3 Å². The van der Waals surface area contributed by atoms with E-state index in [1.807, 2.05) is 13.8 Å². The summed E-state index contributed by atoms with van der Waals surface area (Å²) in [7, 11) is 0. The van der Waals surface area contributed by atoms with E-state index in [1.54, 1.807) is 13.0 Å². The van der Waals surface area contributed by atoms with E-state index in [1.165, 1.54) is 16.9 Å². The van der Waals surface area contributed by atoms with E-state index in [0.717, 1.165) is 6.42 Å². The fourth-order valence-electron chi connectivity index (χ4n) is 3.06. The lowest BCUT2D eigenvalue weighted by Crippen LogP contribution is -2.45. The molecule has 2 N–H and O–H groups in total. The zero-order valence-corrected chi connectivity index (χ0v) is 15.1. The number of carbonyl (C=O) groups is 1. The minimum Gasteiger partial charge on any atom is -0.347 e. The lowest BCUT2D eigenvalue weighted by Gasteiger charge is -2.33. The summed E-state index contributed by atoms with van der Waals surface area (Å²) < 4.78 is 1.53. The van der Waals surface area contributed by atoms with Gasteiger partial charge in [0.1, 0.15) is 0 Å². The predicted octanol–water partition coefficient (Wildman–Crippen LogP) is 2.21. The number of aromatic amines is 1. The van der Waals surface area contributed by atoms with Crippen molar-refractivity contribution in [2.75, 3.05) is 0 Å². The van der Waals surface area contributed by atoms with E-state index in [0.29, 0.717) is 17.1 Å². The van der Waals surface area contributed by atoms with Gasteiger partial charge in [-0.15, -0.1) is 0 Å². The highest BCUT2D eigenvalue weighted by molar-refractivity contribution is 5.95. The molecule has 7 nitrogen and oxygen atoms in total. The lowest BCUT2D eigenvalue weighted by molar-refractivity contribution is 0.0891. The Morgan fingerprint density at radius 2 is 1.92 bits per heavy atom. The first-order chi connectivity index (χ1) is 11.0. The molecule has 2 aromatic rings. The summed E-state index contributed by atoms with van der Waals surface area (Å²) in [6, 6.07) is 2.93. The Labute approximate surface area is 141 Å². The highest BCUT2D eigenvalue weighted by Gasteiger charge is 2.28. The van der Waals surface area contributed by atoms with Gasteiger partial charge in [-0.25, -0.2) is 9.78 Å². The van der Waals surface area contributed by atoms with Crippen LogP contribution in [0.4, 0.5) is 0 Å². The molecule has 0 atom stereocenters. The van der Waals surface area contributed by atoms with E-state index in [4.69, 9.17) is 0 Å². The van der Waals surface area contributed by atoms with Crippen molar-refractivity contribution in [2.24, 2.45) is 5.41 Å². The topological polar surface area (TPSA) is 92.7 Å². The van der Waals surface area contributed by atoms with Crippen molar-refractivity contribution >= 4 is 5.91 Å². The maximum Gasteiger partial charge on any atom is 0.264 e. The van der Waals surface area contributed by atoms with E-state index in [2.05, 4.69) is 41.4 Å². The van der Waals surface area contributed by atoms with Crippen LogP contribution in [0.1, 0.15) is 57.1 Å². The molecule has 0 bridgehead atoms. The molecule has 0 aliphatic carbocycles. The molecule has 0 fully saturated rings. The fourth-order valence-corrected chi connectivity index (χ4v) is 3.06. The van der Waals surface area contributed by atoms with Crippen molar-refractivity contribution < 1.29 is 4.79 Å². The van der Waals surface area contributed by atoms with Crippen LogP contribution in [0.15, 0.2) is 23.1 Å². The molecule has 0 spiro atoms. The van der Waals surface area contributed by atoms with Crippen LogP contribution in [-0.4, -0.2) is 31.4 Å². The first kappa shape index (κ1) is 17.9. The maximum absolute atomic E-state index is 12.6. The predicted molar refractivity (Wildman–Crippen MR) is 92.3 cm³/mol. The van der Waals surface area contributed by atoms with Gasteiger partial charge in [-0.3, -0.25) is 9.59 Å². The van der Waals surface area contributed by atoms with Crippen molar-refractivity contribution in [2.45, 2.75) is 53.5 Å². The lowest BCUT2D eigenvalue weighted by atomic mass is 9.81. The number of carbonyl (C=O) groups excluding carboxylic acids is 1. The van der Waals surface area contributed by atoms with Crippen molar-refractivity contribution in [3.63, 3.8) is 0 Å². The number of amides is 1. The van der Waals surface area contributed by atoms with Crippen LogP contribution in [0.3, 0.4) is 0 Å². The van der Waals surface area contributed by atoms with Gasteiger partial charge in [0.15, 0.2) is 5.82 Å². The van der Waals surface area contributed by atoms with Crippen LogP contribution < -0.4 is 10.9 Å². The zero-order valence-electron chi connectivity index (χ0n) is 15.1. The summed E-state index contributed by atoms with van der Waals surface area (Å²) >= 11 is 0. The van der Waals surface area contributed by atoms with Gasteiger partial charge in [0.05, 0.1) is 17.5 Å². The Morgan fingerprint density at radius 3 is 2.46 bits per heavy atom. The first-order valence-electron chi connectivity index (χ1n) is 7.92. The smallest absolute Gasteiger partial charge is 0.264 e. The summed E-state index contributed by atoms with van der Waals surface area (Å²) in [4.78, 5) is 23.7. The molecule has 0 radical (unpaired) electrons. The van der Waals surface area contributed by atoms with Crippen molar-refractivity contribution in [3.05, 3.63) is 39.9 Å².